The van der Waals surface area contributed by atoms with Gasteiger partial charge in [-0.2, -0.15) is 0 Å². The molecule has 0 saturated heterocycles. The van der Waals surface area contributed by atoms with Crippen LogP contribution < -0.4 is 5.32 Å². The maximum atomic E-state index is 11.3. The van der Waals surface area contributed by atoms with Gasteiger partial charge in [-0.15, -0.1) is 0 Å². The molecule has 110 valence electrons. The molecule has 8 heteroatoms. The molecular formula is C13H13N3O4S. The predicted molar refractivity (Wildman–Crippen MR) is 77.7 cm³/mol. The Morgan fingerprint density at radius 3 is 2.52 bits per heavy atom. The average molecular weight is 307 g/mol. The Balaban J connectivity index is 2.51. The van der Waals surface area contributed by atoms with E-state index in [0.29, 0.717) is 11.3 Å². The van der Waals surface area contributed by atoms with Crippen LogP contribution in [0, 0.1) is 0 Å². The fourth-order valence-corrected chi connectivity index (χ4v) is 2.35. The summed E-state index contributed by atoms with van der Waals surface area (Å²) in [6, 6.07) is 8.86. The van der Waals surface area contributed by atoms with E-state index in [2.05, 4.69) is 15.3 Å². The molecule has 0 atom stereocenters. The number of hydrogen-bond donors (Lipinski definition) is 2. The van der Waals surface area contributed by atoms with Crippen LogP contribution >= 0.6 is 0 Å². The lowest BCUT2D eigenvalue weighted by atomic mass is 10.1. The number of anilines is 1. The highest BCUT2D eigenvalue weighted by Gasteiger charge is 2.14. The maximum Gasteiger partial charge on any atom is 0.409 e. The zero-order chi connectivity index (χ0) is 15.5. The first-order chi connectivity index (χ1) is 9.85. The summed E-state index contributed by atoms with van der Waals surface area (Å²) < 4.78 is 22.6. The molecule has 1 aromatic carbocycles. The van der Waals surface area contributed by atoms with Gasteiger partial charge in [-0.05, 0) is 0 Å². The molecule has 1 aromatic heterocycles. The van der Waals surface area contributed by atoms with E-state index in [0.717, 1.165) is 6.26 Å². The van der Waals surface area contributed by atoms with Crippen molar-refractivity contribution in [1.82, 2.24) is 9.97 Å². The second-order valence-electron chi connectivity index (χ2n) is 4.41. The van der Waals surface area contributed by atoms with Crippen molar-refractivity contribution in [1.29, 1.82) is 0 Å². The van der Waals surface area contributed by atoms with Gasteiger partial charge in [-0.3, -0.25) is 5.32 Å². The van der Waals surface area contributed by atoms with Crippen LogP contribution in [0.25, 0.3) is 11.3 Å². The molecule has 2 N–H and O–H groups in total. The smallest absolute Gasteiger partial charge is 0.409 e. The average Bonchev–Trinajstić information content (AvgIpc) is 2.39. The monoisotopic (exact) mass is 307 g/mol. The van der Waals surface area contributed by atoms with Crippen LogP contribution in [-0.4, -0.2) is 35.8 Å². The van der Waals surface area contributed by atoms with Crippen molar-refractivity contribution in [3.05, 3.63) is 42.4 Å². The van der Waals surface area contributed by atoms with E-state index in [1.807, 2.05) is 6.07 Å². The van der Waals surface area contributed by atoms with Crippen molar-refractivity contribution in [2.75, 3.05) is 11.6 Å². The second-order valence-corrected chi connectivity index (χ2v) is 6.55. The third-order valence-corrected chi connectivity index (χ3v) is 3.30. The van der Waals surface area contributed by atoms with Crippen molar-refractivity contribution in [2.45, 2.75) is 5.75 Å². The topological polar surface area (TPSA) is 109 Å². The van der Waals surface area contributed by atoms with Gasteiger partial charge in [0, 0.05) is 11.8 Å². The Morgan fingerprint density at radius 1 is 1.29 bits per heavy atom. The summed E-state index contributed by atoms with van der Waals surface area (Å²) in [5.74, 6) is -0.188. The predicted octanol–water partition coefficient (Wildman–Crippen LogP) is 1.78. The molecular weight excluding hydrogens is 294 g/mol. The fourth-order valence-electron chi connectivity index (χ4n) is 1.75. The molecule has 1 amide bonds. The minimum Gasteiger partial charge on any atom is -0.465 e. The van der Waals surface area contributed by atoms with Crippen molar-refractivity contribution < 1.29 is 18.3 Å². The maximum absolute atomic E-state index is 11.3. The quantitative estimate of drug-likeness (QED) is 0.891. The zero-order valence-corrected chi connectivity index (χ0v) is 12.0. The van der Waals surface area contributed by atoms with E-state index >= 15 is 0 Å². The molecule has 0 bridgehead atoms. The molecule has 2 rings (SSSR count). The van der Waals surface area contributed by atoms with E-state index in [4.69, 9.17) is 5.11 Å². The third-order valence-electron chi connectivity index (χ3n) is 2.52. The molecule has 2 aromatic rings. The van der Waals surface area contributed by atoms with Crippen LogP contribution in [0.2, 0.25) is 0 Å². The van der Waals surface area contributed by atoms with E-state index < -0.39 is 15.9 Å². The Hall–Kier alpha value is -2.48. The summed E-state index contributed by atoms with van der Waals surface area (Å²) in [5, 5.41) is 11.0. The summed E-state index contributed by atoms with van der Waals surface area (Å²) in [6.07, 6.45) is 1.11. The minimum absolute atomic E-state index is 0.118. The van der Waals surface area contributed by atoms with Crippen molar-refractivity contribution in [3.63, 3.8) is 0 Å². The zero-order valence-electron chi connectivity index (χ0n) is 11.1. The van der Waals surface area contributed by atoms with Crippen molar-refractivity contribution >= 4 is 21.6 Å². The normalized spacial score (nSPS) is 11.1. The number of rotatable bonds is 4. The molecule has 21 heavy (non-hydrogen) atoms. The number of sulfone groups is 1. The fraction of sp³-hybridized carbons (Fsp3) is 0.154. The highest BCUT2D eigenvalue weighted by molar-refractivity contribution is 7.89. The molecule has 0 radical (unpaired) electrons. The van der Waals surface area contributed by atoms with E-state index in [1.54, 1.807) is 24.3 Å². The summed E-state index contributed by atoms with van der Waals surface area (Å²) in [7, 11) is -3.27. The Bertz CT molecular complexity index is 760. The molecule has 0 spiro atoms. The third kappa shape index (κ3) is 4.25. The van der Waals surface area contributed by atoms with Crippen LogP contribution in [0.15, 0.2) is 36.5 Å². The van der Waals surface area contributed by atoms with Gasteiger partial charge in [0.15, 0.2) is 9.84 Å². The van der Waals surface area contributed by atoms with Gasteiger partial charge in [0.05, 0.1) is 17.6 Å². The molecule has 0 aliphatic rings. The minimum atomic E-state index is -3.27. The lowest BCUT2D eigenvalue weighted by Crippen LogP contribution is -2.12. The largest absolute Gasteiger partial charge is 0.465 e. The summed E-state index contributed by atoms with van der Waals surface area (Å²) in [6.45, 7) is 0. The van der Waals surface area contributed by atoms with Gasteiger partial charge in [0.25, 0.3) is 0 Å². The van der Waals surface area contributed by atoms with Gasteiger partial charge in [-0.25, -0.2) is 23.2 Å². The van der Waals surface area contributed by atoms with Gasteiger partial charge in [-0.1, -0.05) is 30.3 Å². The van der Waals surface area contributed by atoms with E-state index in [-0.39, 0.29) is 17.3 Å². The lowest BCUT2D eigenvalue weighted by molar-refractivity contribution is 0.209. The van der Waals surface area contributed by atoms with Crippen LogP contribution in [0.3, 0.4) is 0 Å². The number of carboxylic acid groups (broad SMARTS) is 1. The van der Waals surface area contributed by atoms with Gasteiger partial charge in [0.1, 0.15) is 11.6 Å². The molecule has 0 unspecified atom stereocenters. The number of aromatic nitrogens is 2. The highest BCUT2D eigenvalue weighted by atomic mass is 32.2. The highest BCUT2D eigenvalue weighted by Crippen LogP contribution is 2.25. The molecule has 1 heterocycles. The van der Waals surface area contributed by atoms with Crippen LogP contribution in [-0.2, 0) is 15.6 Å². The Kier molecular flexibility index (Phi) is 4.18. The summed E-state index contributed by atoms with van der Waals surface area (Å²) >= 11 is 0. The Morgan fingerprint density at radius 2 is 1.95 bits per heavy atom. The summed E-state index contributed by atoms with van der Waals surface area (Å²) in [4.78, 5) is 18.9. The van der Waals surface area contributed by atoms with Gasteiger partial charge in [0.2, 0.25) is 0 Å². The van der Waals surface area contributed by atoms with Crippen LogP contribution in [0.5, 0.6) is 0 Å². The number of carbonyl (C=O) groups is 1. The molecule has 0 saturated carbocycles. The first kappa shape index (κ1) is 14.9. The van der Waals surface area contributed by atoms with Crippen LogP contribution in [0.4, 0.5) is 10.5 Å². The first-order valence-corrected chi connectivity index (χ1v) is 8.00. The van der Waals surface area contributed by atoms with Crippen molar-refractivity contribution in [3.8, 4) is 11.3 Å². The molecule has 0 aliphatic carbocycles. The SMILES string of the molecule is CS(=O)(=O)Cc1ncc(NC(=O)O)c(-c2ccccc2)n1. The second kappa shape index (κ2) is 5.88. The van der Waals surface area contributed by atoms with E-state index in [9.17, 15) is 13.2 Å². The molecule has 0 aliphatic heterocycles. The number of amides is 1. The van der Waals surface area contributed by atoms with E-state index in [1.165, 1.54) is 6.20 Å². The molecule has 7 nitrogen and oxygen atoms in total. The van der Waals surface area contributed by atoms with Gasteiger partial charge >= 0.3 is 6.09 Å². The number of benzene rings is 1. The van der Waals surface area contributed by atoms with Crippen molar-refractivity contribution in [2.24, 2.45) is 0 Å². The van der Waals surface area contributed by atoms with Crippen LogP contribution in [0.1, 0.15) is 5.82 Å². The molecule has 0 fully saturated rings. The standard InChI is InChI=1S/C13H13N3O4S/c1-21(19,20)8-11-14-7-10(15-13(17)18)12(16-11)9-5-3-2-4-6-9/h2-7,15H,8H2,1H3,(H,17,18). The van der Waals surface area contributed by atoms with Gasteiger partial charge < -0.3 is 5.11 Å². The lowest BCUT2D eigenvalue weighted by Gasteiger charge is -2.09. The Labute approximate surface area is 121 Å². The number of nitrogens with zero attached hydrogens (tertiary/aromatic N) is 2. The summed E-state index contributed by atoms with van der Waals surface area (Å²) in [5.41, 5.74) is 1.20. The number of nitrogens with one attached hydrogen (secondary N) is 1. The number of hydrogen-bond acceptors (Lipinski definition) is 5. The first-order valence-electron chi connectivity index (χ1n) is 5.94.